The second-order valence-corrected chi connectivity index (χ2v) is 5.71. The molecule has 0 bridgehead atoms. The number of nitrogens with one attached hydrogen (secondary N) is 2. The highest BCUT2D eigenvalue weighted by Gasteiger charge is 2.24. The normalized spacial score (nSPS) is 18.7. The largest absolute Gasteiger partial charge is 0.313 e. The summed E-state index contributed by atoms with van der Waals surface area (Å²) in [4.78, 5) is 4.34. The molecule has 1 atom stereocenters. The summed E-state index contributed by atoms with van der Waals surface area (Å²) in [6, 6.07) is 0.617. The number of nitrogens with zero attached hydrogens (tertiary/aromatic N) is 2. The number of aryl methyl sites for hydroxylation is 1. The van der Waals surface area contributed by atoms with Gasteiger partial charge in [0.05, 0.1) is 0 Å². The maximum absolute atomic E-state index is 4.34. The monoisotopic (exact) mass is 254 g/mol. The molecule has 1 saturated carbocycles. The lowest BCUT2D eigenvalue weighted by atomic mass is 10.00. The zero-order valence-electron chi connectivity index (χ0n) is 10.7. The van der Waals surface area contributed by atoms with Gasteiger partial charge in [0, 0.05) is 11.8 Å². The molecule has 0 amide bonds. The van der Waals surface area contributed by atoms with Gasteiger partial charge in [0.15, 0.2) is 0 Å². The first-order valence-corrected chi connectivity index (χ1v) is 7.53. The Hall–Kier alpha value is -0.550. The van der Waals surface area contributed by atoms with Crippen molar-refractivity contribution >= 4 is 11.8 Å². The zero-order valence-corrected chi connectivity index (χ0v) is 11.5. The third-order valence-corrected chi connectivity index (χ3v) is 4.37. The number of aromatic amines is 1. The quantitative estimate of drug-likeness (QED) is 0.765. The molecule has 1 aromatic rings. The number of aromatic nitrogens is 3. The van der Waals surface area contributed by atoms with E-state index in [1.807, 2.05) is 6.92 Å². The van der Waals surface area contributed by atoms with Gasteiger partial charge in [-0.15, -0.1) is 5.10 Å². The lowest BCUT2D eigenvalue weighted by molar-refractivity contribution is 0.394. The van der Waals surface area contributed by atoms with Crippen LogP contribution in [-0.2, 0) is 0 Å². The van der Waals surface area contributed by atoms with Crippen molar-refractivity contribution in [1.29, 1.82) is 0 Å². The van der Waals surface area contributed by atoms with E-state index in [0.717, 1.165) is 29.2 Å². The van der Waals surface area contributed by atoms with Crippen LogP contribution in [0.4, 0.5) is 0 Å². The van der Waals surface area contributed by atoms with E-state index in [1.54, 1.807) is 11.8 Å². The second kappa shape index (κ2) is 6.40. The van der Waals surface area contributed by atoms with E-state index in [4.69, 9.17) is 0 Å². The van der Waals surface area contributed by atoms with Crippen LogP contribution < -0.4 is 5.32 Å². The lowest BCUT2D eigenvalue weighted by Gasteiger charge is -2.23. The molecule has 96 valence electrons. The molecule has 5 heteroatoms. The maximum atomic E-state index is 4.34. The SMILES string of the molecule is CCNC(CSc1n[nH]c(C)n1)C1CCCC1. The molecule has 0 aliphatic heterocycles. The Kier molecular flexibility index (Phi) is 4.86. The van der Waals surface area contributed by atoms with Crippen LogP contribution in [-0.4, -0.2) is 33.5 Å². The summed E-state index contributed by atoms with van der Waals surface area (Å²) >= 11 is 1.76. The molecule has 2 rings (SSSR count). The van der Waals surface area contributed by atoms with E-state index in [1.165, 1.54) is 25.7 Å². The third-order valence-electron chi connectivity index (χ3n) is 3.40. The summed E-state index contributed by atoms with van der Waals surface area (Å²) in [5.74, 6) is 2.83. The van der Waals surface area contributed by atoms with Crippen molar-refractivity contribution in [2.24, 2.45) is 5.92 Å². The third kappa shape index (κ3) is 3.71. The highest BCUT2D eigenvalue weighted by Crippen LogP contribution is 2.30. The summed E-state index contributed by atoms with van der Waals surface area (Å²) in [6.07, 6.45) is 5.56. The number of thioether (sulfide) groups is 1. The van der Waals surface area contributed by atoms with Crippen LogP contribution >= 0.6 is 11.8 Å². The fourth-order valence-corrected chi connectivity index (χ4v) is 3.56. The van der Waals surface area contributed by atoms with E-state index >= 15 is 0 Å². The Morgan fingerprint density at radius 2 is 2.24 bits per heavy atom. The molecule has 1 unspecified atom stereocenters. The van der Waals surface area contributed by atoms with Gasteiger partial charge in [0.2, 0.25) is 5.16 Å². The van der Waals surface area contributed by atoms with Crippen LogP contribution in [0.1, 0.15) is 38.4 Å². The molecule has 0 aromatic carbocycles. The van der Waals surface area contributed by atoms with Crippen molar-refractivity contribution in [2.45, 2.75) is 50.7 Å². The molecule has 0 spiro atoms. The standard InChI is InChI=1S/C12H22N4S/c1-3-13-11(10-6-4-5-7-10)8-17-12-14-9(2)15-16-12/h10-11,13H,3-8H2,1-2H3,(H,14,15,16). The van der Waals surface area contributed by atoms with Gasteiger partial charge in [-0.3, -0.25) is 5.10 Å². The average Bonchev–Trinajstić information content (AvgIpc) is 2.95. The van der Waals surface area contributed by atoms with Crippen molar-refractivity contribution in [2.75, 3.05) is 12.3 Å². The first-order chi connectivity index (χ1) is 8.29. The van der Waals surface area contributed by atoms with Crippen molar-refractivity contribution in [3.63, 3.8) is 0 Å². The molecule has 1 aliphatic carbocycles. The second-order valence-electron chi connectivity index (χ2n) is 4.72. The Bertz CT molecular complexity index is 333. The van der Waals surface area contributed by atoms with Crippen LogP contribution in [0.3, 0.4) is 0 Å². The van der Waals surface area contributed by atoms with Crippen LogP contribution in [0.15, 0.2) is 5.16 Å². The fraction of sp³-hybridized carbons (Fsp3) is 0.833. The van der Waals surface area contributed by atoms with Crippen LogP contribution in [0.25, 0.3) is 0 Å². The number of rotatable bonds is 6. The van der Waals surface area contributed by atoms with Crippen molar-refractivity contribution < 1.29 is 0 Å². The number of hydrogen-bond acceptors (Lipinski definition) is 4. The predicted octanol–water partition coefficient (Wildman–Crippen LogP) is 2.37. The van der Waals surface area contributed by atoms with Gasteiger partial charge in [0.25, 0.3) is 0 Å². The molecule has 0 radical (unpaired) electrons. The first-order valence-electron chi connectivity index (χ1n) is 6.54. The van der Waals surface area contributed by atoms with E-state index in [0.29, 0.717) is 6.04 Å². The van der Waals surface area contributed by atoms with Crippen molar-refractivity contribution in [1.82, 2.24) is 20.5 Å². The van der Waals surface area contributed by atoms with Crippen molar-refractivity contribution in [3.05, 3.63) is 5.82 Å². The molecule has 0 saturated heterocycles. The summed E-state index contributed by atoms with van der Waals surface area (Å²) in [5, 5.41) is 11.6. The molecule has 1 aromatic heterocycles. The predicted molar refractivity (Wildman–Crippen MR) is 71.3 cm³/mol. The van der Waals surface area contributed by atoms with Gasteiger partial charge in [0.1, 0.15) is 5.82 Å². The van der Waals surface area contributed by atoms with Gasteiger partial charge >= 0.3 is 0 Å². The minimum absolute atomic E-state index is 0.617. The molecule has 4 nitrogen and oxygen atoms in total. The number of H-pyrrole nitrogens is 1. The summed E-state index contributed by atoms with van der Waals surface area (Å²) in [5.41, 5.74) is 0. The van der Waals surface area contributed by atoms with E-state index in [-0.39, 0.29) is 0 Å². The van der Waals surface area contributed by atoms with Crippen LogP contribution in [0, 0.1) is 12.8 Å². The Labute approximate surface area is 107 Å². The smallest absolute Gasteiger partial charge is 0.208 e. The molecule has 17 heavy (non-hydrogen) atoms. The highest BCUT2D eigenvalue weighted by molar-refractivity contribution is 7.99. The molecule has 1 aliphatic rings. The number of hydrogen-bond donors (Lipinski definition) is 2. The van der Waals surface area contributed by atoms with Gasteiger partial charge in [-0.1, -0.05) is 31.5 Å². The Morgan fingerprint density at radius 1 is 1.47 bits per heavy atom. The van der Waals surface area contributed by atoms with Crippen LogP contribution in [0.5, 0.6) is 0 Å². The van der Waals surface area contributed by atoms with Gasteiger partial charge < -0.3 is 5.32 Å². The Morgan fingerprint density at radius 3 is 2.82 bits per heavy atom. The minimum Gasteiger partial charge on any atom is -0.313 e. The molecule has 1 fully saturated rings. The van der Waals surface area contributed by atoms with Gasteiger partial charge in [-0.2, -0.15) is 0 Å². The maximum Gasteiger partial charge on any atom is 0.208 e. The molecule has 2 N–H and O–H groups in total. The van der Waals surface area contributed by atoms with E-state index in [9.17, 15) is 0 Å². The summed E-state index contributed by atoms with van der Waals surface area (Å²) < 4.78 is 0. The summed E-state index contributed by atoms with van der Waals surface area (Å²) in [7, 11) is 0. The average molecular weight is 254 g/mol. The zero-order chi connectivity index (χ0) is 12.1. The van der Waals surface area contributed by atoms with E-state index < -0.39 is 0 Å². The highest BCUT2D eigenvalue weighted by atomic mass is 32.2. The van der Waals surface area contributed by atoms with Gasteiger partial charge in [-0.25, -0.2) is 4.98 Å². The van der Waals surface area contributed by atoms with Crippen molar-refractivity contribution in [3.8, 4) is 0 Å². The summed E-state index contributed by atoms with van der Waals surface area (Å²) in [6.45, 7) is 5.17. The fourth-order valence-electron chi connectivity index (χ4n) is 2.53. The topological polar surface area (TPSA) is 53.6 Å². The van der Waals surface area contributed by atoms with Gasteiger partial charge in [-0.05, 0) is 32.2 Å². The van der Waals surface area contributed by atoms with E-state index in [2.05, 4.69) is 27.4 Å². The van der Waals surface area contributed by atoms with Crippen LogP contribution in [0.2, 0.25) is 0 Å². The molecular formula is C12H22N4S. The molecular weight excluding hydrogens is 232 g/mol. The first kappa shape index (κ1) is 12.9. The molecule has 1 heterocycles. The lowest BCUT2D eigenvalue weighted by Crippen LogP contribution is -2.37. The Balaban J connectivity index is 1.84. The minimum atomic E-state index is 0.617.